The van der Waals surface area contributed by atoms with Crippen LogP contribution in [-0.4, -0.2) is 25.1 Å². The number of rotatable bonds is 7. The Bertz CT molecular complexity index is 689. The van der Waals surface area contributed by atoms with Crippen molar-refractivity contribution >= 4 is 27.4 Å². The second kappa shape index (κ2) is 6.88. The van der Waals surface area contributed by atoms with Gasteiger partial charge in [-0.05, 0) is 12.5 Å². The van der Waals surface area contributed by atoms with Crippen molar-refractivity contribution in [2.45, 2.75) is 24.8 Å². The van der Waals surface area contributed by atoms with Gasteiger partial charge in [-0.1, -0.05) is 23.7 Å². The number of nitrogens with zero attached hydrogens (tertiary/aromatic N) is 2. The van der Waals surface area contributed by atoms with Crippen LogP contribution in [0, 0.1) is 0 Å². The lowest BCUT2D eigenvalue weighted by Gasteiger charge is -2.09. The van der Waals surface area contributed by atoms with E-state index in [1.165, 1.54) is 18.5 Å². The predicted molar refractivity (Wildman–Crippen MR) is 78.6 cm³/mol. The van der Waals surface area contributed by atoms with Crippen LogP contribution in [0.1, 0.15) is 19.0 Å². The second-order valence-electron chi connectivity index (χ2n) is 4.24. The average molecular weight is 331 g/mol. The molecule has 0 radical (unpaired) electrons. The molecule has 0 aromatic carbocycles. The van der Waals surface area contributed by atoms with Gasteiger partial charge in [0.15, 0.2) is 0 Å². The molecule has 2 N–H and O–H groups in total. The van der Waals surface area contributed by atoms with Gasteiger partial charge in [0.1, 0.15) is 17.0 Å². The molecule has 0 fully saturated rings. The van der Waals surface area contributed by atoms with E-state index in [-0.39, 0.29) is 16.5 Å². The zero-order chi connectivity index (χ0) is 15.3. The van der Waals surface area contributed by atoms with Gasteiger partial charge in [-0.3, -0.25) is 0 Å². The third-order valence-electron chi connectivity index (χ3n) is 2.60. The zero-order valence-corrected chi connectivity index (χ0v) is 12.9. The van der Waals surface area contributed by atoms with Crippen LogP contribution in [0.25, 0.3) is 0 Å². The molecule has 0 aliphatic rings. The number of pyridine rings is 1. The second-order valence-corrected chi connectivity index (χ2v) is 6.42. The SMILES string of the molecule is CCCNc1ncc(S(=O)(=O)NCc2ccon2)cc1Cl. The number of nitrogens with one attached hydrogen (secondary N) is 2. The largest absolute Gasteiger partial charge is 0.369 e. The fraction of sp³-hybridized carbons (Fsp3) is 0.333. The summed E-state index contributed by atoms with van der Waals surface area (Å²) in [7, 11) is -3.70. The summed E-state index contributed by atoms with van der Waals surface area (Å²) < 4.78 is 31.3. The van der Waals surface area contributed by atoms with Crippen LogP contribution >= 0.6 is 11.6 Å². The molecule has 9 heteroatoms. The van der Waals surface area contributed by atoms with Gasteiger partial charge >= 0.3 is 0 Å². The first-order valence-corrected chi connectivity index (χ1v) is 8.17. The summed E-state index contributed by atoms with van der Waals surface area (Å²) in [6.07, 6.45) is 3.54. The van der Waals surface area contributed by atoms with Crippen molar-refractivity contribution in [2.75, 3.05) is 11.9 Å². The Balaban J connectivity index is 2.10. The van der Waals surface area contributed by atoms with Crippen LogP contribution in [0.3, 0.4) is 0 Å². The van der Waals surface area contributed by atoms with Crippen LogP contribution in [0.2, 0.25) is 5.02 Å². The van der Waals surface area contributed by atoms with Gasteiger partial charge in [-0.15, -0.1) is 0 Å². The molecule has 0 aliphatic heterocycles. The summed E-state index contributed by atoms with van der Waals surface area (Å²) in [5.74, 6) is 0.467. The topological polar surface area (TPSA) is 97.1 Å². The first kappa shape index (κ1) is 15.7. The van der Waals surface area contributed by atoms with E-state index in [1.807, 2.05) is 6.92 Å². The predicted octanol–water partition coefficient (Wildman–Crippen LogP) is 2.02. The summed E-state index contributed by atoms with van der Waals surface area (Å²) in [6, 6.07) is 2.93. The van der Waals surface area contributed by atoms with Gasteiger partial charge in [0.25, 0.3) is 0 Å². The highest BCUT2D eigenvalue weighted by atomic mass is 35.5. The highest BCUT2D eigenvalue weighted by molar-refractivity contribution is 7.89. The van der Waals surface area contributed by atoms with Crippen LogP contribution in [-0.2, 0) is 16.6 Å². The molecule has 2 rings (SSSR count). The molecule has 2 aromatic heterocycles. The molecule has 114 valence electrons. The van der Waals surface area contributed by atoms with Crippen LogP contribution in [0.4, 0.5) is 5.82 Å². The van der Waals surface area contributed by atoms with Gasteiger partial charge in [0, 0.05) is 18.8 Å². The van der Waals surface area contributed by atoms with Crippen LogP contribution in [0.15, 0.2) is 34.0 Å². The van der Waals surface area contributed by atoms with E-state index in [1.54, 1.807) is 6.07 Å². The van der Waals surface area contributed by atoms with E-state index in [0.29, 0.717) is 18.1 Å². The van der Waals surface area contributed by atoms with Crippen molar-refractivity contribution in [1.29, 1.82) is 0 Å². The number of halogens is 1. The molecule has 7 nitrogen and oxygen atoms in total. The average Bonchev–Trinajstić information content (AvgIpc) is 2.97. The molecule has 0 saturated carbocycles. The van der Waals surface area contributed by atoms with Gasteiger partial charge in [0.05, 0.1) is 17.3 Å². The molecule has 0 atom stereocenters. The highest BCUT2D eigenvalue weighted by Crippen LogP contribution is 2.22. The summed E-state index contributed by atoms with van der Waals surface area (Å²) in [5.41, 5.74) is 0.485. The molecule has 0 unspecified atom stereocenters. The number of hydrogen-bond acceptors (Lipinski definition) is 6. The standard InChI is InChI=1S/C12H15ClN4O3S/c1-2-4-14-12-11(13)6-10(8-15-12)21(18,19)16-7-9-3-5-20-17-9/h3,5-6,8,16H,2,4,7H2,1H3,(H,14,15). The first-order chi connectivity index (χ1) is 10.0. The number of hydrogen-bond donors (Lipinski definition) is 2. The molecule has 0 spiro atoms. The van der Waals surface area contributed by atoms with Crippen molar-refractivity contribution < 1.29 is 12.9 Å². The van der Waals surface area contributed by atoms with Crippen LogP contribution < -0.4 is 10.0 Å². The van der Waals surface area contributed by atoms with Crippen molar-refractivity contribution in [2.24, 2.45) is 0 Å². The lowest BCUT2D eigenvalue weighted by molar-refractivity contribution is 0.411. The Morgan fingerprint density at radius 3 is 2.86 bits per heavy atom. The molecule has 0 saturated heterocycles. The quantitative estimate of drug-likeness (QED) is 0.806. The molecular formula is C12H15ClN4O3S. The normalized spacial score (nSPS) is 11.5. The maximum absolute atomic E-state index is 12.1. The lowest BCUT2D eigenvalue weighted by Crippen LogP contribution is -2.23. The molecule has 0 aliphatic carbocycles. The fourth-order valence-corrected chi connectivity index (χ4v) is 2.79. The molecular weight excluding hydrogens is 316 g/mol. The fourth-order valence-electron chi connectivity index (χ4n) is 1.52. The van der Waals surface area contributed by atoms with E-state index in [9.17, 15) is 8.42 Å². The van der Waals surface area contributed by atoms with Crippen molar-refractivity contribution in [3.8, 4) is 0 Å². The molecule has 0 amide bonds. The molecule has 0 bridgehead atoms. The van der Waals surface area contributed by atoms with Crippen molar-refractivity contribution in [3.05, 3.63) is 35.3 Å². The van der Waals surface area contributed by atoms with E-state index in [2.05, 4.69) is 24.7 Å². The Kier molecular flexibility index (Phi) is 5.16. The van der Waals surface area contributed by atoms with Gasteiger partial charge in [-0.2, -0.15) is 0 Å². The van der Waals surface area contributed by atoms with E-state index in [0.717, 1.165) is 6.42 Å². The Hall–Kier alpha value is -1.64. The number of anilines is 1. The minimum Gasteiger partial charge on any atom is -0.369 e. The van der Waals surface area contributed by atoms with E-state index < -0.39 is 10.0 Å². The Morgan fingerprint density at radius 1 is 1.43 bits per heavy atom. The minimum absolute atomic E-state index is 0.00181. The maximum atomic E-state index is 12.1. The Morgan fingerprint density at radius 2 is 2.24 bits per heavy atom. The van der Waals surface area contributed by atoms with Crippen LogP contribution in [0.5, 0.6) is 0 Å². The van der Waals surface area contributed by atoms with E-state index in [4.69, 9.17) is 11.6 Å². The van der Waals surface area contributed by atoms with Crippen molar-refractivity contribution in [3.63, 3.8) is 0 Å². The first-order valence-electron chi connectivity index (χ1n) is 6.31. The smallest absolute Gasteiger partial charge is 0.242 e. The minimum atomic E-state index is -3.70. The van der Waals surface area contributed by atoms with Crippen molar-refractivity contribution in [1.82, 2.24) is 14.9 Å². The molecule has 2 heterocycles. The third-order valence-corrected chi connectivity index (χ3v) is 4.26. The zero-order valence-electron chi connectivity index (χ0n) is 11.3. The van der Waals surface area contributed by atoms with Gasteiger partial charge in [-0.25, -0.2) is 18.1 Å². The summed E-state index contributed by atoms with van der Waals surface area (Å²) in [6.45, 7) is 2.75. The summed E-state index contributed by atoms with van der Waals surface area (Å²) >= 11 is 6.03. The lowest BCUT2D eigenvalue weighted by atomic mass is 10.4. The monoisotopic (exact) mass is 330 g/mol. The summed E-state index contributed by atoms with van der Waals surface area (Å²) in [4.78, 5) is 4.03. The van der Waals surface area contributed by atoms with Gasteiger partial charge < -0.3 is 9.84 Å². The number of sulfonamides is 1. The Labute approximate surface area is 127 Å². The summed E-state index contributed by atoms with van der Waals surface area (Å²) in [5, 5.41) is 6.90. The van der Waals surface area contributed by atoms with E-state index >= 15 is 0 Å². The molecule has 2 aromatic rings. The highest BCUT2D eigenvalue weighted by Gasteiger charge is 2.17. The number of aromatic nitrogens is 2. The maximum Gasteiger partial charge on any atom is 0.242 e. The third kappa shape index (κ3) is 4.16. The molecule has 21 heavy (non-hydrogen) atoms. The van der Waals surface area contributed by atoms with Gasteiger partial charge in [0.2, 0.25) is 10.0 Å².